The topological polar surface area (TPSA) is 37.4 Å². The number of halogens is 7. The molecule has 1 aromatic heterocycles. The van der Waals surface area contributed by atoms with Gasteiger partial charge in [-0.15, -0.1) is 0 Å². The molecule has 0 aliphatic rings. The number of rotatable bonds is 18. The molecule has 52 heavy (non-hydrogen) atoms. The van der Waals surface area contributed by atoms with Crippen LogP contribution in [0.25, 0.3) is 10.9 Å². The molecule has 1 heterocycles. The van der Waals surface area contributed by atoms with Crippen LogP contribution >= 0.6 is 11.6 Å². The Labute approximate surface area is 314 Å². The number of nitrogens with one attached hydrogen (secondary N) is 1. The number of hydrogen-bond donors (Lipinski definition) is 1. The molecule has 1 atom stereocenters. The van der Waals surface area contributed by atoms with Gasteiger partial charge in [-0.05, 0) is 87.3 Å². The number of allylic oxidation sites excluding steroid dienone is 8. The molecule has 0 amide bonds. The summed E-state index contributed by atoms with van der Waals surface area (Å²) in [5.41, 5.74) is 3.42. The summed E-state index contributed by atoms with van der Waals surface area (Å²) in [6.45, 7) is 24.8. The fourth-order valence-corrected chi connectivity index (χ4v) is 5.04. The summed E-state index contributed by atoms with van der Waals surface area (Å²) < 4.78 is 79.0. The zero-order valence-electron chi connectivity index (χ0n) is 32.5. The molecule has 3 nitrogen and oxygen atoms in total. The first-order valence-corrected chi connectivity index (χ1v) is 18.8. The van der Waals surface area contributed by atoms with Crippen LogP contribution < -0.4 is 0 Å². The third kappa shape index (κ3) is 19.2. The number of fused-ring (bicyclic) bond motifs is 1. The zero-order valence-corrected chi connectivity index (χ0v) is 33.3. The van der Waals surface area contributed by atoms with E-state index in [1.165, 1.54) is 53.1 Å². The highest BCUT2D eigenvalue weighted by Gasteiger charge is 2.38. The first-order chi connectivity index (χ1) is 24.4. The minimum Gasteiger partial charge on any atom is -0.381 e. The van der Waals surface area contributed by atoms with Crippen LogP contribution in [0, 0.1) is 0 Å². The molecule has 0 bridgehead atoms. The minimum absolute atomic E-state index is 0.0842. The number of benzene rings is 1. The van der Waals surface area contributed by atoms with E-state index in [-0.39, 0.29) is 18.2 Å². The molecule has 0 saturated heterocycles. The summed E-state index contributed by atoms with van der Waals surface area (Å²) in [6.07, 6.45) is 6.71. The molecule has 0 spiro atoms. The largest absolute Gasteiger partial charge is 0.433 e. The van der Waals surface area contributed by atoms with Gasteiger partial charge in [0.25, 0.3) is 0 Å². The molecule has 1 N–H and O–H groups in total. The summed E-state index contributed by atoms with van der Waals surface area (Å²) in [5.74, 6) is 0.315. The third-order valence-electron chi connectivity index (χ3n) is 7.83. The van der Waals surface area contributed by atoms with Crippen LogP contribution in [-0.2, 0) is 11.2 Å². The standard InChI is InChI=1S/C25H34ClN.C11H13F6N.C6H14O/c1-6-9-11-20(14-13-18(4)8-3)19(5)25-22(12-10-7-2)23-17-21(26)15-16-24(23)27-25;1-4-5-8(3)18-9(11(15,16)17)6-7(2)10(12,13)14;1-3-5-7-6-4-2/h11,13-17,19,27H,4,6-10,12H2,1-3,5H3;6H,2,4-5H2,1,3H3;3-6H2,1-2H3/b14-13-,20-11+;9-6-,18-8?;/t19-;;/m0../s1. The average molecular weight is 759 g/mol. The predicted molar refractivity (Wildman–Crippen MR) is 211 cm³/mol. The number of nitrogens with zero attached hydrogens (tertiary/aromatic N) is 1. The van der Waals surface area contributed by atoms with Crippen molar-refractivity contribution in [2.75, 3.05) is 13.2 Å². The van der Waals surface area contributed by atoms with Gasteiger partial charge in [-0.2, -0.15) is 26.3 Å². The zero-order chi connectivity index (χ0) is 39.9. The summed E-state index contributed by atoms with van der Waals surface area (Å²) in [7, 11) is 0. The van der Waals surface area contributed by atoms with Crippen LogP contribution in [0.5, 0.6) is 0 Å². The molecule has 294 valence electrons. The second kappa shape index (κ2) is 25.9. The first-order valence-electron chi connectivity index (χ1n) is 18.4. The molecule has 0 aliphatic heterocycles. The number of H-pyrrole nitrogens is 1. The lowest BCUT2D eigenvalue weighted by Gasteiger charge is -2.15. The Hall–Kier alpha value is -3.04. The van der Waals surface area contributed by atoms with Crippen molar-refractivity contribution in [3.05, 3.63) is 94.4 Å². The van der Waals surface area contributed by atoms with Gasteiger partial charge < -0.3 is 9.72 Å². The van der Waals surface area contributed by atoms with Crippen LogP contribution in [0.4, 0.5) is 26.3 Å². The number of unbranched alkanes of at least 4 members (excludes halogenated alkanes) is 2. The third-order valence-corrected chi connectivity index (χ3v) is 8.07. The van der Waals surface area contributed by atoms with Crippen molar-refractivity contribution >= 4 is 28.2 Å². The van der Waals surface area contributed by atoms with Crippen LogP contribution in [-0.4, -0.2) is 36.3 Å². The summed E-state index contributed by atoms with van der Waals surface area (Å²) in [5, 5.41) is 2.08. The Morgan fingerprint density at radius 2 is 1.54 bits per heavy atom. The maximum atomic E-state index is 12.5. The van der Waals surface area contributed by atoms with Crippen molar-refractivity contribution in [2.24, 2.45) is 4.99 Å². The SMILES string of the molecule is C=C(/C=C(\N=C(C)CCC)C(F)(F)F)C(F)(F)F.C=C(/C=C\C(=C/CCC)[C@H](C)c1[nH]c2ccc(Cl)cc2c1CCCC)CC.CCCOCCC. The van der Waals surface area contributed by atoms with Crippen LogP contribution in [0.2, 0.25) is 5.02 Å². The summed E-state index contributed by atoms with van der Waals surface area (Å²) in [6, 6.07) is 6.18. The fraction of sp³-hybridized carbons (Fsp3) is 0.548. The van der Waals surface area contributed by atoms with Crippen LogP contribution in [0.3, 0.4) is 0 Å². The Morgan fingerprint density at radius 1 is 0.904 bits per heavy atom. The van der Waals surface area contributed by atoms with Crippen molar-refractivity contribution < 1.29 is 31.1 Å². The van der Waals surface area contributed by atoms with Crippen LogP contribution in [0.15, 0.2) is 83.1 Å². The van der Waals surface area contributed by atoms with E-state index in [4.69, 9.17) is 16.3 Å². The Balaban J connectivity index is 0.000000894. The van der Waals surface area contributed by atoms with E-state index in [1.54, 1.807) is 6.92 Å². The smallest absolute Gasteiger partial charge is 0.381 e. The van der Waals surface area contributed by atoms with E-state index in [2.05, 4.69) is 95.0 Å². The molecule has 1 aromatic carbocycles. The molecular formula is C42H61ClF6N2O. The molecular weight excluding hydrogens is 698 g/mol. The number of aromatic amines is 1. The quantitative estimate of drug-likeness (QED) is 0.0699. The lowest BCUT2D eigenvalue weighted by atomic mass is 9.90. The highest BCUT2D eigenvalue weighted by molar-refractivity contribution is 6.31. The van der Waals surface area contributed by atoms with Gasteiger partial charge in [0.05, 0.1) is 5.57 Å². The average Bonchev–Trinajstić information content (AvgIpc) is 3.44. The van der Waals surface area contributed by atoms with Crippen molar-refractivity contribution in [1.82, 2.24) is 4.98 Å². The predicted octanol–water partition coefficient (Wildman–Crippen LogP) is 15.2. The van der Waals surface area contributed by atoms with E-state index in [0.717, 1.165) is 56.8 Å². The number of hydrogen-bond acceptors (Lipinski definition) is 2. The fourth-order valence-electron chi connectivity index (χ4n) is 4.87. The molecule has 2 aromatic rings. The van der Waals surface area contributed by atoms with E-state index in [0.29, 0.717) is 12.3 Å². The van der Waals surface area contributed by atoms with Crippen molar-refractivity contribution in [2.45, 2.75) is 138 Å². The second-order valence-corrected chi connectivity index (χ2v) is 13.1. The summed E-state index contributed by atoms with van der Waals surface area (Å²) >= 11 is 6.30. The first kappa shape index (κ1) is 49.0. The number of aliphatic imine (C=N–C) groups is 1. The van der Waals surface area contributed by atoms with Gasteiger partial charge in [0, 0.05) is 46.5 Å². The Kier molecular flexibility index (Phi) is 24.3. The Morgan fingerprint density at radius 3 is 2.04 bits per heavy atom. The molecule has 0 aliphatic carbocycles. The van der Waals surface area contributed by atoms with Crippen molar-refractivity contribution in [3.8, 4) is 0 Å². The maximum Gasteiger partial charge on any atom is 0.433 e. The maximum absolute atomic E-state index is 12.5. The number of alkyl halides is 6. The van der Waals surface area contributed by atoms with Gasteiger partial charge >= 0.3 is 12.4 Å². The van der Waals surface area contributed by atoms with Gasteiger partial charge in [-0.25, -0.2) is 0 Å². The Bertz CT molecular complexity index is 1470. The van der Waals surface area contributed by atoms with Gasteiger partial charge in [0.15, 0.2) is 0 Å². The van der Waals surface area contributed by atoms with E-state index in [9.17, 15) is 26.3 Å². The lowest BCUT2D eigenvalue weighted by Crippen LogP contribution is -2.15. The molecule has 0 radical (unpaired) electrons. The van der Waals surface area contributed by atoms with E-state index >= 15 is 0 Å². The minimum atomic E-state index is -4.94. The van der Waals surface area contributed by atoms with E-state index < -0.39 is 23.6 Å². The molecule has 2 rings (SSSR count). The van der Waals surface area contributed by atoms with Crippen molar-refractivity contribution in [1.29, 1.82) is 0 Å². The normalized spacial score (nSPS) is 13.5. The number of aromatic nitrogens is 1. The van der Waals surface area contributed by atoms with Gasteiger partial charge in [-0.1, -0.05) is 116 Å². The summed E-state index contributed by atoms with van der Waals surface area (Å²) in [4.78, 5) is 6.89. The highest BCUT2D eigenvalue weighted by Crippen LogP contribution is 2.35. The van der Waals surface area contributed by atoms with Crippen molar-refractivity contribution in [3.63, 3.8) is 0 Å². The molecule has 0 fully saturated rings. The molecule has 0 unspecified atom stereocenters. The van der Waals surface area contributed by atoms with E-state index in [1.807, 2.05) is 6.07 Å². The monoisotopic (exact) mass is 758 g/mol. The van der Waals surface area contributed by atoms with Gasteiger partial charge in [0.1, 0.15) is 5.70 Å². The van der Waals surface area contributed by atoms with Crippen LogP contribution in [0.1, 0.15) is 130 Å². The van der Waals surface area contributed by atoms with Gasteiger partial charge in [0.2, 0.25) is 0 Å². The number of aryl methyl sites for hydroxylation is 1. The lowest BCUT2D eigenvalue weighted by molar-refractivity contribution is -0.0959. The molecule has 10 heteroatoms. The highest BCUT2D eigenvalue weighted by atomic mass is 35.5. The molecule has 0 saturated carbocycles. The second-order valence-electron chi connectivity index (χ2n) is 12.6. The van der Waals surface area contributed by atoms with Gasteiger partial charge in [-0.3, -0.25) is 4.99 Å². The number of ether oxygens (including phenoxy) is 1.